The molecule has 0 spiro atoms. The largest absolute Gasteiger partial charge is 0.322 e. The van der Waals surface area contributed by atoms with Gasteiger partial charge in [-0.1, -0.05) is 38.3 Å². The number of amides is 1. The second-order valence-corrected chi connectivity index (χ2v) is 5.82. The van der Waals surface area contributed by atoms with Gasteiger partial charge in [-0.3, -0.25) is 4.79 Å². The zero-order valence-corrected chi connectivity index (χ0v) is 12.7. The van der Waals surface area contributed by atoms with E-state index >= 15 is 0 Å². The first-order chi connectivity index (χ1) is 10.2. The summed E-state index contributed by atoms with van der Waals surface area (Å²) in [5.74, 6) is 0.0875. The summed E-state index contributed by atoms with van der Waals surface area (Å²) in [6, 6.07) is 6.63. The van der Waals surface area contributed by atoms with E-state index in [-0.39, 0.29) is 18.1 Å². The van der Waals surface area contributed by atoms with Crippen LogP contribution in [0.25, 0.3) is 0 Å². The van der Waals surface area contributed by atoms with Gasteiger partial charge in [0.1, 0.15) is 5.82 Å². The summed E-state index contributed by atoms with van der Waals surface area (Å²) in [4.78, 5) is 11.9. The first-order valence-corrected chi connectivity index (χ1v) is 7.98. The first-order valence-electron chi connectivity index (χ1n) is 7.98. The van der Waals surface area contributed by atoms with Crippen molar-refractivity contribution >= 4 is 11.6 Å². The normalized spacial score (nSPS) is 17.4. The number of carbonyl (C=O) groups is 1. The molecule has 0 radical (unpaired) electrons. The minimum absolute atomic E-state index is 0.186. The summed E-state index contributed by atoms with van der Waals surface area (Å²) in [7, 11) is 0. The molecule has 1 atom stereocenters. The van der Waals surface area contributed by atoms with E-state index in [1.54, 1.807) is 18.2 Å². The Morgan fingerprint density at radius 2 is 2.00 bits per heavy atom. The maximum atomic E-state index is 13.5. The molecule has 0 aromatic heterocycles. The van der Waals surface area contributed by atoms with Crippen molar-refractivity contribution in [3.8, 4) is 0 Å². The van der Waals surface area contributed by atoms with E-state index in [1.807, 2.05) is 0 Å². The molecule has 0 bridgehead atoms. The van der Waals surface area contributed by atoms with Gasteiger partial charge in [-0.25, -0.2) is 4.39 Å². The van der Waals surface area contributed by atoms with E-state index in [0.717, 1.165) is 6.42 Å². The Balaban J connectivity index is 1.80. The lowest BCUT2D eigenvalue weighted by molar-refractivity contribution is -0.115. The van der Waals surface area contributed by atoms with Crippen molar-refractivity contribution < 1.29 is 9.18 Å². The Hall–Kier alpha value is -1.42. The lowest BCUT2D eigenvalue weighted by Gasteiger charge is -2.30. The molecule has 3 nitrogen and oxygen atoms in total. The molecule has 21 heavy (non-hydrogen) atoms. The van der Waals surface area contributed by atoms with E-state index in [0.29, 0.717) is 12.0 Å². The molecule has 1 unspecified atom stereocenters. The van der Waals surface area contributed by atoms with E-state index in [1.165, 1.54) is 38.2 Å². The highest BCUT2D eigenvalue weighted by Gasteiger charge is 2.22. The van der Waals surface area contributed by atoms with Crippen molar-refractivity contribution in [1.82, 2.24) is 5.32 Å². The van der Waals surface area contributed by atoms with E-state index in [2.05, 4.69) is 17.6 Å². The number of para-hydroxylation sites is 1. The van der Waals surface area contributed by atoms with Crippen LogP contribution in [0.4, 0.5) is 10.1 Å². The van der Waals surface area contributed by atoms with Crippen LogP contribution >= 0.6 is 0 Å². The van der Waals surface area contributed by atoms with Gasteiger partial charge >= 0.3 is 0 Å². The van der Waals surface area contributed by atoms with E-state index in [4.69, 9.17) is 0 Å². The first kappa shape index (κ1) is 16.0. The summed E-state index contributed by atoms with van der Waals surface area (Å²) in [6.07, 6.45) is 7.45. The quantitative estimate of drug-likeness (QED) is 0.839. The molecule has 4 heteroatoms. The van der Waals surface area contributed by atoms with Crippen molar-refractivity contribution in [2.75, 3.05) is 11.9 Å². The molecule has 1 aromatic carbocycles. The molecule has 2 N–H and O–H groups in total. The summed E-state index contributed by atoms with van der Waals surface area (Å²) in [6.45, 7) is 2.39. The summed E-state index contributed by atoms with van der Waals surface area (Å²) < 4.78 is 13.5. The molecule has 0 aliphatic heterocycles. The SMILES string of the molecule is CCC(NCC(=O)Nc1ccccc1F)C1CCCCC1. The van der Waals surface area contributed by atoms with Crippen molar-refractivity contribution in [2.24, 2.45) is 5.92 Å². The molecule has 1 fully saturated rings. The van der Waals surface area contributed by atoms with Crippen LogP contribution in [-0.2, 0) is 4.79 Å². The highest BCUT2D eigenvalue weighted by Crippen LogP contribution is 2.27. The zero-order valence-electron chi connectivity index (χ0n) is 12.7. The van der Waals surface area contributed by atoms with Gasteiger partial charge in [-0.2, -0.15) is 0 Å². The number of carbonyl (C=O) groups excluding carboxylic acids is 1. The van der Waals surface area contributed by atoms with E-state index < -0.39 is 5.82 Å². The number of nitrogens with one attached hydrogen (secondary N) is 2. The number of anilines is 1. The molecule has 0 saturated heterocycles. The minimum atomic E-state index is -0.398. The van der Waals surface area contributed by atoms with Crippen molar-refractivity contribution in [3.05, 3.63) is 30.1 Å². The third-order valence-electron chi connectivity index (χ3n) is 4.33. The minimum Gasteiger partial charge on any atom is -0.322 e. The molecule has 0 heterocycles. The number of halogens is 1. The predicted molar refractivity (Wildman–Crippen MR) is 83.7 cm³/mol. The maximum absolute atomic E-state index is 13.5. The second kappa shape index (κ2) is 8.13. The molecular weight excluding hydrogens is 267 g/mol. The molecule has 1 amide bonds. The Kier molecular flexibility index (Phi) is 6.18. The average molecular weight is 292 g/mol. The molecule has 1 aliphatic rings. The van der Waals surface area contributed by atoms with Crippen LogP contribution in [0.2, 0.25) is 0 Å². The van der Waals surface area contributed by atoms with Gasteiger partial charge in [0.05, 0.1) is 12.2 Å². The summed E-state index contributed by atoms with van der Waals surface area (Å²) in [5.41, 5.74) is 0.245. The lowest BCUT2D eigenvalue weighted by Crippen LogP contribution is -2.41. The highest BCUT2D eigenvalue weighted by molar-refractivity contribution is 5.92. The van der Waals surface area contributed by atoms with Crippen LogP contribution < -0.4 is 10.6 Å². The Morgan fingerprint density at radius 1 is 1.29 bits per heavy atom. The highest BCUT2D eigenvalue weighted by atomic mass is 19.1. The molecule has 1 aliphatic carbocycles. The van der Waals surface area contributed by atoms with Gasteiger partial charge in [-0.15, -0.1) is 0 Å². The molecule has 1 aromatic rings. The molecule has 116 valence electrons. The van der Waals surface area contributed by atoms with Crippen LogP contribution in [-0.4, -0.2) is 18.5 Å². The second-order valence-electron chi connectivity index (χ2n) is 5.82. The monoisotopic (exact) mass is 292 g/mol. The Morgan fingerprint density at radius 3 is 2.67 bits per heavy atom. The van der Waals surface area contributed by atoms with E-state index in [9.17, 15) is 9.18 Å². The van der Waals surface area contributed by atoms with Crippen LogP contribution in [0.15, 0.2) is 24.3 Å². The van der Waals surface area contributed by atoms with Crippen LogP contribution in [0.5, 0.6) is 0 Å². The Bertz CT molecular complexity index is 458. The van der Waals surface area contributed by atoms with Gasteiger partial charge in [0.15, 0.2) is 0 Å². The standard InChI is InChI=1S/C17H25FN2O/c1-2-15(13-8-4-3-5-9-13)19-12-17(21)20-16-11-7-6-10-14(16)18/h6-7,10-11,13,15,19H,2-5,8-9,12H2,1H3,(H,20,21). The number of hydrogen-bond acceptors (Lipinski definition) is 2. The van der Waals surface area contributed by atoms with Crippen LogP contribution in [0.3, 0.4) is 0 Å². The summed E-state index contributed by atoms with van der Waals surface area (Å²) >= 11 is 0. The van der Waals surface area contributed by atoms with Gasteiger partial charge in [0.2, 0.25) is 5.91 Å². The van der Waals surface area contributed by atoms with Crippen molar-refractivity contribution in [2.45, 2.75) is 51.5 Å². The number of hydrogen-bond donors (Lipinski definition) is 2. The summed E-state index contributed by atoms with van der Waals surface area (Å²) in [5, 5.41) is 5.96. The number of rotatable bonds is 6. The average Bonchev–Trinajstić information content (AvgIpc) is 2.51. The maximum Gasteiger partial charge on any atom is 0.238 e. The third kappa shape index (κ3) is 4.81. The molecule has 1 saturated carbocycles. The Labute approximate surface area is 126 Å². The zero-order chi connectivity index (χ0) is 15.1. The van der Waals surface area contributed by atoms with Gasteiger partial charge in [-0.05, 0) is 37.3 Å². The van der Waals surface area contributed by atoms with Crippen molar-refractivity contribution in [1.29, 1.82) is 0 Å². The van der Waals surface area contributed by atoms with Crippen LogP contribution in [0.1, 0.15) is 45.4 Å². The number of benzene rings is 1. The molecule has 2 rings (SSSR count). The smallest absolute Gasteiger partial charge is 0.238 e. The predicted octanol–water partition coefficient (Wildman–Crippen LogP) is 3.71. The molecular formula is C17H25FN2O. The fraction of sp³-hybridized carbons (Fsp3) is 0.588. The van der Waals surface area contributed by atoms with Gasteiger partial charge < -0.3 is 10.6 Å². The van der Waals surface area contributed by atoms with Gasteiger partial charge in [0, 0.05) is 6.04 Å². The van der Waals surface area contributed by atoms with Gasteiger partial charge in [0.25, 0.3) is 0 Å². The van der Waals surface area contributed by atoms with Crippen molar-refractivity contribution in [3.63, 3.8) is 0 Å². The lowest BCUT2D eigenvalue weighted by atomic mass is 9.83. The topological polar surface area (TPSA) is 41.1 Å². The third-order valence-corrected chi connectivity index (χ3v) is 4.33. The fourth-order valence-corrected chi connectivity index (χ4v) is 3.16. The van der Waals surface area contributed by atoms with Crippen LogP contribution in [0, 0.1) is 11.7 Å². The fourth-order valence-electron chi connectivity index (χ4n) is 3.16.